The largest absolute Gasteiger partial charge is 0.497 e. The van der Waals surface area contributed by atoms with Crippen LogP contribution in [-0.4, -0.2) is 30.2 Å². The fourth-order valence-corrected chi connectivity index (χ4v) is 3.96. The summed E-state index contributed by atoms with van der Waals surface area (Å²) in [4.78, 5) is 3.29. The smallest absolute Gasteiger partial charge is 0.127 e. The maximum absolute atomic E-state index is 13.9. The van der Waals surface area contributed by atoms with Gasteiger partial charge in [-0.1, -0.05) is 6.07 Å². The first-order valence-electron chi connectivity index (χ1n) is 7.93. The third-order valence-electron chi connectivity index (χ3n) is 4.56. The van der Waals surface area contributed by atoms with Crippen molar-refractivity contribution in [2.75, 3.05) is 20.2 Å². The molecule has 1 N–H and O–H groups in total. The van der Waals surface area contributed by atoms with Gasteiger partial charge >= 0.3 is 0 Å². The van der Waals surface area contributed by atoms with Crippen molar-refractivity contribution in [2.45, 2.75) is 25.5 Å². The van der Waals surface area contributed by atoms with E-state index in [4.69, 9.17) is 4.74 Å². The van der Waals surface area contributed by atoms with E-state index < -0.39 is 0 Å². The molecule has 1 saturated heterocycles. The summed E-state index contributed by atoms with van der Waals surface area (Å²) < 4.78 is 19.1. The lowest BCUT2D eigenvalue weighted by Crippen LogP contribution is -2.35. The highest BCUT2D eigenvalue weighted by molar-refractivity contribution is 7.10. The number of hydrogen-bond donors (Lipinski definition) is 1. The number of halogens is 1. The minimum atomic E-state index is -0.370. The van der Waals surface area contributed by atoms with Gasteiger partial charge in [-0.25, -0.2) is 4.39 Å². The fourth-order valence-electron chi connectivity index (χ4n) is 3.16. The lowest BCUT2D eigenvalue weighted by Gasteiger charge is -2.34. The van der Waals surface area contributed by atoms with E-state index in [0.29, 0.717) is 23.8 Å². The van der Waals surface area contributed by atoms with E-state index >= 15 is 0 Å². The van der Waals surface area contributed by atoms with Gasteiger partial charge in [0.2, 0.25) is 0 Å². The maximum atomic E-state index is 13.9. The van der Waals surface area contributed by atoms with Crippen molar-refractivity contribution in [2.24, 2.45) is 5.92 Å². The average molecular weight is 335 g/mol. The standard InChI is InChI=1S/C18H22FNO2S/c1-22-15-4-5-16(19)14(11-15)12-20-8-6-13(7-9-20)18(21)17-3-2-10-23-17/h2-5,10-11,13,18,21H,6-9,12H2,1H3. The number of benzene rings is 1. The molecule has 23 heavy (non-hydrogen) atoms. The van der Waals surface area contributed by atoms with Crippen molar-refractivity contribution in [1.29, 1.82) is 0 Å². The lowest BCUT2D eigenvalue weighted by atomic mass is 9.90. The zero-order valence-corrected chi connectivity index (χ0v) is 14.1. The van der Waals surface area contributed by atoms with Crippen LogP contribution in [-0.2, 0) is 6.54 Å². The third kappa shape index (κ3) is 3.91. The average Bonchev–Trinajstić information content (AvgIpc) is 3.11. The van der Waals surface area contributed by atoms with Gasteiger partial charge in [0.1, 0.15) is 11.6 Å². The first-order chi connectivity index (χ1) is 11.2. The number of aliphatic hydroxyl groups excluding tert-OH is 1. The summed E-state index contributed by atoms with van der Waals surface area (Å²) in [6, 6.07) is 8.84. The van der Waals surface area contributed by atoms with Crippen LogP contribution in [0.5, 0.6) is 5.75 Å². The number of nitrogens with zero attached hydrogens (tertiary/aromatic N) is 1. The van der Waals surface area contributed by atoms with Gasteiger partial charge in [0.15, 0.2) is 0 Å². The van der Waals surface area contributed by atoms with Crippen molar-refractivity contribution in [3.8, 4) is 5.75 Å². The molecule has 124 valence electrons. The second-order valence-corrected chi connectivity index (χ2v) is 7.01. The zero-order valence-electron chi connectivity index (χ0n) is 13.2. The summed E-state index contributed by atoms with van der Waals surface area (Å²) in [5, 5.41) is 12.4. The number of hydrogen-bond acceptors (Lipinski definition) is 4. The second-order valence-electron chi connectivity index (χ2n) is 6.03. The summed E-state index contributed by atoms with van der Waals surface area (Å²) in [6.45, 7) is 2.35. The van der Waals surface area contributed by atoms with Gasteiger partial charge in [-0.05, 0) is 61.5 Å². The summed E-state index contributed by atoms with van der Waals surface area (Å²) in [7, 11) is 1.59. The first kappa shape index (κ1) is 16.4. The molecule has 0 amide bonds. The van der Waals surface area contributed by atoms with E-state index in [1.165, 1.54) is 6.07 Å². The van der Waals surface area contributed by atoms with E-state index in [1.807, 2.05) is 17.5 Å². The van der Waals surface area contributed by atoms with Crippen molar-refractivity contribution >= 4 is 11.3 Å². The molecule has 2 aromatic rings. The van der Waals surface area contributed by atoms with E-state index in [-0.39, 0.29) is 11.9 Å². The van der Waals surface area contributed by atoms with Gasteiger partial charge in [-0.15, -0.1) is 11.3 Å². The van der Waals surface area contributed by atoms with Crippen LogP contribution in [0.3, 0.4) is 0 Å². The van der Waals surface area contributed by atoms with Gasteiger partial charge in [0.05, 0.1) is 13.2 Å². The predicted molar refractivity (Wildman–Crippen MR) is 90.2 cm³/mol. The van der Waals surface area contributed by atoms with Gasteiger partial charge in [-0.2, -0.15) is 0 Å². The number of ether oxygens (including phenoxy) is 1. The zero-order chi connectivity index (χ0) is 16.2. The number of thiophene rings is 1. The molecule has 1 atom stereocenters. The molecule has 0 radical (unpaired) electrons. The van der Waals surface area contributed by atoms with Crippen molar-refractivity contribution in [3.05, 3.63) is 52.0 Å². The Hall–Kier alpha value is -1.43. The highest BCUT2D eigenvalue weighted by atomic mass is 32.1. The van der Waals surface area contributed by atoms with Crippen LogP contribution in [0, 0.1) is 11.7 Å². The van der Waals surface area contributed by atoms with Crippen molar-refractivity contribution in [3.63, 3.8) is 0 Å². The lowest BCUT2D eigenvalue weighted by molar-refractivity contribution is 0.0587. The quantitative estimate of drug-likeness (QED) is 0.901. The van der Waals surface area contributed by atoms with Crippen LogP contribution < -0.4 is 4.74 Å². The normalized spacial score (nSPS) is 18.0. The highest BCUT2D eigenvalue weighted by Crippen LogP contribution is 2.33. The molecule has 2 heterocycles. The van der Waals surface area contributed by atoms with Gasteiger partial charge < -0.3 is 9.84 Å². The Bertz CT molecular complexity index is 624. The van der Waals surface area contributed by atoms with Crippen LogP contribution in [0.4, 0.5) is 4.39 Å². The second kappa shape index (κ2) is 7.43. The molecule has 1 fully saturated rings. The molecule has 1 unspecified atom stereocenters. The molecular formula is C18H22FNO2S. The van der Waals surface area contributed by atoms with E-state index in [9.17, 15) is 9.50 Å². The molecule has 1 aliphatic heterocycles. The number of likely N-dealkylation sites (tertiary alicyclic amines) is 1. The Morgan fingerprint density at radius 1 is 1.35 bits per heavy atom. The summed E-state index contributed by atoms with van der Waals surface area (Å²) in [6.07, 6.45) is 1.50. The molecule has 0 bridgehead atoms. The number of methoxy groups -OCH3 is 1. The third-order valence-corrected chi connectivity index (χ3v) is 5.50. The van der Waals surface area contributed by atoms with Crippen LogP contribution in [0.25, 0.3) is 0 Å². The maximum Gasteiger partial charge on any atom is 0.127 e. The summed E-state index contributed by atoms with van der Waals surface area (Å²) in [5.41, 5.74) is 0.668. The number of piperidine rings is 1. The number of rotatable bonds is 5. The van der Waals surface area contributed by atoms with Gasteiger partial charge in [0.25, 0.3) is 0 Å². The molecule has 1 aliphatic rings. The minimum Gasteiger partial charge on any atom is -0.497 e. The van der Waals surface area contributed by atoms with Crippen LogP contribution in [0.2, 0.25) is 0 Å². The van der Waals surface area contributed by atoms with Crippen LogP contribution in [0.1, 0.15) is 29.4 Å². The Morgan fingerprint density at radius 3 is 2.78 bits per heavy atom. The number of aliphatic hydroxyl groups is 1. The fraction of sp³-hybridized carbons (Fsp3) is 0.444. The Morgan fingerprint density at radius 2 is 2.13 bits per heavy atom. The molecule has 3 rings (SSSR count). The molecule has 1 aromatic carbocycles. The van der Waals surface area contributed by atoms with E-state index in [1.54, 1.807) is 30.6 Å². The molecular weight excluding hydrogens is 313 g/mol. The minimum absolute atomic E-state index is 0.188. The molecule has 0 saturated carbocycles. The van der Waals surface area contributed by atoms with E-state index in [0.717, 1.165) is 30.8 Å². The Balaban J connectivity index is 1.57. The predicted octanol–water partition coefficient (Wildman–Crippen LogP) is 3.84. The summed E-state index contributed by atoms with van der Waals surface area (Å²) >= 11 is 1.61. The van der Waals surface area contributed by atoms with Gasteiger partial charge in [-0.3, -0.25) is 4.90 Å². The van der Waals surface area contributed by atoms with Crippen LogP contribution in [0.15, 0.2) is 35.7 Å². The first-order valence-corrected chi connectivity index (χ1v) is 8.81. The summed E-state index contributed by atoms with van der Waals surface area (Å²) in [5.74, 6) is 0.788. The van der Waals surface area contributed by atoms with Gasteiger partial charge in [0, 0.05) is 17.0 Å². The molecule has 5 heteroatoms. The van der Waals surface area contributed by atoms with Crippen molar-refractivity contribution < 1.29 is 14.2 Å². The Kier molecular flexibility index (Phi) is 5.30. The molecule has 0 aliphatic carbocycles. The molecule has 1 aromatic heterocycles. The highest BCUT2D eigenvalue weighted by Gasteiger charge is 2.27. The van der Waals surface area contributed by atoms with E-state index in [2.05, 4.69) is 4.90 Å². The van der Waals surface area contributed by atoms with Crippen molar-refractivity contribution in [1.82, 2.24) is 4.90 Å². The Labute approximate surface area is 140 Å². The monoisotopic (exact) mass is 335 g/mol. The SMILES string of the molecule is COc1ccc(F)c(CN2CCC(C(O)c3cccs3)CC2)c1. The molecule has 3 nitrogen and oxygen atoms in total. The molecule has 0 spiro atoms. The van der Waals surface area contributed by atoms with Crippen LogP contribution >= 0.6 is 11.3 Å². The topological polar surface area (TPSA) is 32.7 Å².